The summed E-state index contributed by atoms with van der Waals surface area (Å²) in [4.78, 5) is 0. The van der Waals surface area contributed by atoms with Crippen molar-refractivity contribution in [2.24, 2.45) is 5.73 Å². The molecule has 16 heavy (non-hydrogen) atoms. The Kier molecular flexibility index (Phi) is 5.39. The molecule has 0 aromatic rings. The SMILES string of the molecule is CC(C)(N)CNC(C)(C)CNC(C)(C)CO. The molecule has 0 saturated heterocycles. The van der Waals surface area contributed by atoms with Crippen LogP contribution in [0.2, 0.25) is 0 Å². The van der Waals surface area contributed by atoms with Crippen LogP contribution in [0.5, 0.6) is 0 Å². The molecule has 0 fully saturated rings. The molecule has 0 atom stereocenters. The predicted molar refractivity (Wildman–Crippen MR) is 69.5 cm³/mol. The second-order valence-electron chi connectivity index (χ2n) is 6.62. The number of nitrogens with one attached hydrogen (secondary N) is 2. The van der Waals surface area contributed by atoms with E-state index in [2.05, 4.69) is 24.5 Å². The molecule has 0 bridgehead atoms. The minimum atomic E-state index is -0.239. The molecular formula is C12H29N3O. The van der Waals surface area contributed by atoms with Gasteiger partial charge in [-0.05, 0) is 41.5 Å². The maximum absolute atomic E-state index is 9.15. The second-order valence-corrected chi connectivity index (χ2v) is 6.62. The molecule has 0 aliphatic carbocycles. The molecule has 4 heteroatoms. The van der Waals surface area contributed by atoms with E-state index < -0.39 is 0 Å². The van der Waals surface area contributed by atoms with E-state index in [1.165, 1.54) is 0 Å². The van der Waals surface area contributed by atoms with Crippen LogP contribution in [0.15, 0.2) is 0 Å². The van der Waals surface area contributed by atoms with Crippen molar-refractivity contribution >= 4 is 0 Å². The van der Waals surface area contributed by atoms with Crippen molar-refractivity contribution in [3.05, 3.63) is 0 Å². The Morgan fingerprint density at radius 1 is 0.875 bits per heavy atom. The van der Waals surface area contributed by atoms with Crippen molar-refractivity contribution in [1.29, 1.82) is 0 Å². The van der Waals surface area contributed by atoms with Gasteiger partial charge in [-0.3, -0.25) is 0 Å². The predicted octanol–water partition coefficient (Wildman–Crippen LogP) is 0.452. The monoisotopic (exact) mass is 231 g/mol. The van der Waals surface area contributed by atoms with Crippen LogP contribution < -0.4 is 16.4 Å². The van der Waals surface area contributed by atoms with E-state index in [0.29, 0.717) is 0 Å². The molecule has 0 heterocycles. The van der Waals surface area contributed by atoms with E-state index in [1.807, 2.05) is 27.7 Å². The normalized spacial score (nSPS) is 14.2. The summed E-state index contributed by atoms with van der Waals surface area (Å²) in [5, 5.41) is 15.9. The number of hydrogen-bond acceptors (Lipinski definition) is 4. The van der Waals surface area contributed by atoms with Crippen molar-refractivity contribution in [2.75, 3.05) is 19.7 Å². The van der Waals surface area contributed by atoms with Gasteiger partial charge in [0.25, 0.3) is 0 Å². The lowest BCUT2D eigenvalue weighted by Gasteiger charge is -2.34. The summed E-state index contributed by atoms with van der Waals surface area (Å²) in [5.41, 5.74) is 5.45. The standard InChI is InChI=1S/C12H29N3O/c1-10(2,13)7-14-11(3,4)8-15-12(5,6)9-16/h14-16H,7-9,13H2,1-6H3. The fourth-order valence-corrected chi connectivity index (χ4v) is 1.05. The number of nitrogens with two attached hydrogens (primary N) is 1. The first-order chi connectivity index (χ1) is 6.97. The Balaban J connectivity index is 4.06. The molecule has 0 rings (SSSR count). The fourth-order valence-electron chi connectivity index (χ4n) is 1.05. The summed E-state index contributed by atoms with van der Waals surface area (Å²) < 4.78 is 0. The number of rotatable bonds is 7. The molecule has 4 nitrogen and oxygen atoms in total. The maximum Gasteiger partial charge on any atom is 0.0607 e. The third-order valence-electron chi connectivity index (χ3n) is 2.43. The van der Waals surface area contributed by atoms with Gasteiger partial charge >= 0.3 is 0 Å². The maximum atomic E-state index is 9.15. The summed E-state index contributed by atoms with van der Waals surface area (Å²) in [6, 6.07) is 0. The van der Waals surface area contributed by atoms with Gasteiger partial charge in [0, 0.05) is 29.7 Å². The average Bonchev–Trinajstić information content (AvgIpc) is 2.12. The van der Waals surface area contributed by atoms with Crippen LogP contribution in [0, 0.1) is 0 Å². The first kappa shape index (κ1) is 15.8. The van der Waals surface area contributed by atoms with Crippen molar-refractivity contribution < 1.29 is 5.11 Å². The van der Waals surface area contributed by atoms with Gasteiger partial charge in [0.1, 0.15) is 0 Å². The zero-order valence-corrected chi connectivity index (χ0v) is 11.6. The highest BCUT2D eigenvalue weighted by Crippen LogP contribution is 2.07. The van der Waals surface area contributed by atoms with Gasteiger partial charge in [0.05, 0.1) is 6.61 Å². The van der Waals surface area contributed by atoms with E-state index in [9.17, 15) is 0 Å². The van der Waals surface area contributed by atoms with Gasteiger partial charge in [-0.15, -0.1) is 0 Å². The van der Waals surface area contributed by atoms with Gasteiger partial charge in [-0.1, -0.05) is 0 Å². The lowest BCUT2D eigenvalue weighted by Crippen LogP contribution is -2.57. The highest BCUT2D eigenvalue weighted by molar-refractivity contribution is 4.88. The summed E-state index contributed by atoms with van der Waals surface area (Å²) >= 11 is 0. The zero-order valence-electron chi connectivity index (χ0n) is 11.6. The van der Waals surface area contributed by atoms with E-state index in [0.717, 1.165) is 13.1 Å². The van der Waals surface area contributed by atoms with E-state index >= 15 is 0 Å². The quantitative estimate of drug-likeness (QED) is 0.513. The highest BCUT2D eigenvalue weighted by atomic mass is 16.3. The first-order valence-electron chi connectivity index (χ1n) is 5.87. The third kappa shape index (κ3) is 8.05. The molecule has 0 radical (unpaired) electrons. The van der Waals surface area contributed by atoms with Crippen LogP contribution in [0.1, 0.15) is 41.5 Å². The smallest absolute Gasteiger partial charge is 0.0607 e. The van der Waals surface area contributed by atoms with E-state index in [-0.39, 0.29) is 23.2 Å². The Morgan fingerprint density at radius 2 is 1.31 bits per heavy atom. The molecule has 0 aliphatic rings. The number of aliphatic hydroxyl groups excluding tert-OH is 1. The van der Waals surface area contributed by atoms with Gasteiger partial charge in [-0.25, -0.2) is 0 Å². The molecule has 5 N–H and O–H groups in total. The first-order valence-corrected chi connectivity index (χ1v) is 5.87. The van der Waals surface area contributed by atoms with Crippen LogP contribution in [0.3, 0.4) is 0 Å². The minimum Gasteiger partial charge on any atom is -0.394 e. The molecular weight excluding hydrogens is 202 g/mol. The van der Waals surface area contributed by atoms with Gasteiger partial charge in [0.2, 0.25) is 0 Å². The zero-order chi connectivity index (χ0) is 13.0. The Labute approximate surface area is 100.0 Å². The molecule has 0 aromatic heterocycles. The van der Waals surface area contributed by atoms with Gasteiger partial charge < -0.3 is 21.5 Å². The van der Waals surface area contributed by atoms with Crippen LogP contribution in [0.25, 0.3) is 0 Å². The average molecular weight is 231 g/mol. The Hall–Kier alpha value is -0.160. The minimum absolute atomic E-state index is 0.0386. The van der Waals surface area contributed by atoms with Crippen LogP contribution >= 0.6 is 0 Å². The number of aliphatic hydroxyl groups is 1. The molecule has 0 aromatic carbocycles. The molecule has 0 saturated carbocycles. The number of hydrogen-bond donors (Lipinski definition) is 4. The van der Waals surface area contributed by atoms with Crippen molar-refractivity contribution in [3.8, 4) is 0 Å². The summed E-state index contributed by atoms with van der Waals surface area (Å²) in [7, 11) is 0. The lowest BCUT2D eigenvalue weighted by atomic mass is 9.99. The van der Waals surface area contributed by atoms with E-state index in [4.69, 9.17) is 10.8 Å². The summed E-state index contributed by atoms with van der Waals surface area (Å²) in [5.74, 6) is 0. The second kappa shape index (κ2) is 5.45. The Bertz CT molecular complexity index is 207. The molecule has 0 amide bonds. The highest BCUT2D eigenvalue weighted by Gasteiger charge is 2.24. The van der Waals surface area contributed by atoms with Crippen molar-refractivity contribution in [3.63, 3.8) is 0 Å². The van der Waals surface area contributed by atoms with E-state index in [1.54, 1.807) is 0 Å². The van der Waals surface area contributed by atoms with Gasteiger partial charge in [0.15, 0.2) is 0 Å². The third-order valence-corrected chi connectivity index (χ3v) is 2.43. The molecule has 0 unspecified atom stereocenters. The van der Waals surface area contributed by atoms with Crippen LogP contribution in [-0.2, 0) is 0 Å². The topological polar surface area (TPSA) is 70.3 Å². The van der Waals surface area contributed by atoms with Crippen molar-refractivity contribution in [1.82, 2.24) is 10.6 Å². The van der Waals surface area contributed by atoms with Crippen LogP contribution in [0.4, 0.5) is 0 Å². The largest absolute Gasteiger partial charge is 0.394 e. The lowest BCUT2D eigenvalue weighted by molar-refractivity contribution is 0.176. The van der Waals surface area contributed by atoms with Gasteiger partial charge in [-0.2, -0.15) is 0 Å². The summed E-state index contributed by atoms with van der Waals surface area (Å²) in [6.07, 6.45) is 0. The molecule has 98 valence electrons. The molecule has 0 spiro atoms. The Morgan fingerprint density at radius 3 is 1.69 bits per heavy atom. The fraction of sp³-hybridized carbons (Fsp3) is 1.00. The summed E-state index contributed by atoms with van der Waals surface area (Å²) in [6.45, 7) is 13.9. The van der Waals surface area contributed by atoms with Crippen molar-refractivity contribution in [2.45, 2.75) is 58.2 Å². The molecule has 0 aliphatic heterocycles. The van der Waals surface area contributed by atoms with Crippen LogP contribution in [-0.4, -0.2) is 41.4 Å².